The predicted molar refractivity (Wildman–Crippen MR) is 47.6 cm³/mol. The van der Waals surface area contributed by atoms with Crippen LogP contribution in [0.5, 0.6) is 0 Å². The van der Waals surface area contributed by atoms with Crippen molar-refractivity contribution in [1.29, 1.82) is 0 Å². The smallest absolute Gasteiger partial charge is 0.185 e. The fourth-order valence-electron chi connectivity index (χ4n) is 0.946. The molecule has 0 bridgehead atoms. The highest BCUT2D eigenvalue weighted by atomic mass is 15.3. The zero-order valence-electron chi connectivity index (χ0n) is 7.07. The van der Waals surface area contributed by atoms with E-state index in [1.807, 2.05) is 17.8 Å². The SMILES string of the molecule is Cn1nccc1CCN=C(N)N. The van der Waals surface area contributed by atoms with Crippen LogP contribution in [0.3, 0.4) is 0 Å². The number of nitrogens with zero attached hydrogens (tertiary/aromatic N) is 3. The maximum atomic E-state index is 5.18. The summed E-state index contributed by atoms with van der Waals surface area (Å²) < 4.78 is 1.81. The first-order valence-corrected chi connectivity index (χ1v) is 3.72. The zero-order chi connectivity index (χ0) is 8.97. The van der Waals surface area contributed by atoms with E-state index < -0.39 is 0 Å². The van der Waals surface area contributed by atoms with E-state index in [0.29, 0.717) is 6.54 Å². The molecule has 1 aromatic heterocycles. The van der Waals surface area contributed by atoms with Gasteiger partial charge in [-0.2, -0.15) is 5.10 Å². The Balaban J connectivity index is 2.44. The zero-order valence-corrected chi connectivity index (χ0v) is 7.07. The van der Waals surface area contributed by atoms with Gasteiger partial charge in [-0.25, -0.2) is 0 Å². The standard InChI is InChI=1S/C7H13N5/c1-12-6(3-5-11-12)2-4-10-7(8)9/h3,5H,2,4H2,1H3,(H4,8,9,10). The average molecular weight is 167 g/mol. The van der Waals surface area contributed by atoms with Crippen LogP contribution >= 0.6 is 0 Å². The molecule has 1 heterocycles. The molecule has 5 heteroatoms. The van der Waals surface area contributed by atoms with Crippen LogP contribution in [0.4, 0.5) is 0 Å². The summed E-state index contributed by atoms with van der Waals surface area (Å²) in [5, 5.41) is 4.02. The van der Waals surface area contributed by atoms with Gasteiger partial charge in [0, 0.05) is 31.9 Å². The van der Waals surface area contributed by atoms with Crippen molar-refractivity contribution in [2.45, 2.75) is 6.42 Å². The van der Waals surface area contributed by atoms with E-state index in [1.54, 1.807) is 6.20 Å². The van der Waals surface area contributed by atoms with Crippen molar-refractivity contribution in [3.05, 3.63) is 18.0 Å². The largest absolute Gasteiger partial charge is 0.370 e. The van der Waals surface area contributed by atoms with Crippen LogP contribution in [0.25, 0.3) is 0 Å². The van der Waals surface area contributed by atoms with Gasteiger partial charge in [0.15, 0.2) is 5.96 Å². The molecule has 12 heavy (non-hydrogen) atoms. The van der Waals surface area contributed by atoms with Gasteiger partial charge in [0.25, 0.3) is 0 Å². The minimum Gasteiger partial charge on any atom is -0.370 e. The quantitative estimate of drug-likeness (QED) is 0.458. The normalized spacial score (nSPS) is 9.75. The summed E-state index contributed by atoms with van der Waals surface area (Å²) in [7, 11) is 1.89. The minimum atomic E-state index is 0.136. The summed E-state index contributed by atoms with van der Waals surface area (Å²) in [5.41, 5.74) is 11.5. The van der Waals surface area contributed by atoms with Gasteiger partial charge in [0.1, 0.15) is 0 Å². The number of guanidine groups is 1. The molecular weight excluding hydrogens is 154 g/mol. The van der Waals surface area contributed by atoms with Crippen LogP contribution in [-0.2, 0) is 13.5 Å². The van der Waals surface area contributed by atoms with E-state index >= 15 is 0 Å². The van der Waals surface area contributed by atoms with E-state index in [2.05, 4.69) is 10.1 Å². The van der Waals surface area contributed by atoms with Gasteiger partial charge in [-0.1, -0.05) is 0 Å². The molecule has 66 valence electrons. The van der Waals surface area contributed by atoms with Crippen LogP contribution in [0.1, 0.15) is 5.69 Å². The number of hydrogen-bond donors (Lipinski definition) is 2. The monoisotopic (exact) mass is 167 g/mol. The molecule has 4 N–H and O–H groups in total. The Labute approximate surface area is 71.1 Å². The number of aliphatic imine (C=N–C) groups is 1. The first-order valence-electron chi connectivity index (χ1n) is 3.72. The Morgan fingerprint density at radius 1 is 1.67 bits per heavy atom. The average Bonchev–Trinajstić information content (AvgIpc) is 2.36. The highest BCUT2D eigenvalue weighted by molar-refractivity contribution is 5.75. The van der Waals surface area contributed by atoms with Crippen molar-refractivity contribution in [2.75, 3.05) is 6.54 Å². The molecule has 0 aliphatic rings. The van der Waals surface area contributed by atoms with Gasteiger partial charge in [-0.15, -0.1) is 0 Å². The molecule has 1 aromatic rings. The summed E-state index contributed by atoms with van der Waals surface area (Å²) in [6.07, 6.45) is 2.57. The number of aromatic nitrogens is 2. The molecule has 0 amide bonds. The molecule has 0 saturated carbocycles. The first kappa shape index (κ1) is 8.58. The van der Waals surface area contributed by atoms with E-state index in [0.717, 1.165) is 12.1 Å². The van der Waals surface area contributed by atoms with E-state index in [9.17, 15) is 0 Å². The second kappa shape index (κ2) is 3.75. The van der Waals surface area contributed by atoms with Gasteiger partial charge < -0.3 is 11.5 Å². The molecule has 0 fully saturated rings. The second-order valence-corrected chi connectivity index (χ2v) is 2.50. The van der Waals surface area contributed by atoms with Gasteiger partial charge in [0.05, 0.1) is 0 Å². The van der Waals surface area contributed by atoms with Crippen molar-refractivity contribution in [2.24, 2.45) is 23.5 Å². The van der Waals surface area contributed by atoms with Crippen LogP contribution in [0.15, 0.2) is 17.3 Å². The molecule has 1 rings (SSSR count). The number of hydrogen-bond acceptors (Lipinski definition) is 2. The fourth-order valence-corrected chi connectivity index (χ4v) is 0.946. The highest BCUT2D eigenvalue weighted by Gasteiger charge is 1.95. The molecular formula is C7H13N5. The lowest BCUT2D eigenvalue weighted by Crippen LogP contribution is -2.23. The Kier molecular flexibility index (Phi) is 2.68. The predicted octanol–water partition coefficient (Wildman–Crippen LogP) is -0.764. The minimum absolute atomic E-state index is 0.136. The highest BCUT2D eigenvalue weighted by Crippen LogP contribution is 1.96. The van der Waals surface area contributed by atoms with Crippen LogP contribution < -0.4 is 11.5 Å². The van der Waals surface area contributed by atoms with Crippen molar-refractivity contribution < 1.29 is 0 Å². The maximum absolute atomic E-state index is 5.18. The molecule has 0 atom stereocenters. The topological polar surface area (TPSA) is 82.2 Å². The molecule has 0 aromatic carbocycles. The van der Waals surface area contributed by atoms with Gasteiger partial charge >= 0.3 is 0 Å². The summed E-state index contributed by atoms with van der Waals surface area (Å²) in [4.78, 5) is 3.87. The van der Waals surface area contributed by atoms with Crippen LogP contribution in [0, 0.1) is 0 Å². The van der Waals surface area contributed by atoms with Crippen molar-refractivity contribution in [3.63, 3.8) is 0 Å². The van der Waals surface area contributed by atoms with Gasteiger partial charge in [-0.05, 0) is 6.07 Å². The summed E-state index contributed by atoms with van der Waals surface area (Å²) in [6, 6.07) is 1.95. The maximum Gasteiger partial charge on any atom is 0.185 e. The second-order valence-electron chi connectivity index (χ2n) is 2.50. The van der Waals surface area contributed by atoms with Crippen molar-refractivity contribution in [3.8, 4) is 0 Å². The number of rotatable bonds is 3. The Morgan fingerprint density at radius 3 is 2.92 bits per heavy atom. The third kappa shape index (κ3) is 2.26. The van der Waals surface area contributed by atoms with Crippen LogP contribution in [-0.4, -0.2) is 22.3 Å². The number of aryl methyl sites for hydroxylation is 1. The lowest BCUT2D eigenvalue weighted by Gasteiger charge is -1.98. The lowest BCUT2D eigenvalue weighted by atomic mass is 10.3. The Hall–Kier alpha value is -1.52. The lowest BCUT2D eigenvalue weighted by molar-refractivity contribution is 0.706. The molecule has 0 saturated heterocycles. The fraction of sp³-hybridized carbons (Fsp3) is 0.429. The molecule has 0 aliphatic heterocycles. The summed E-state index contributed by atoms with van der Waals surface area (Å²) in [6.45, 7) is 0.613. The molecule has 0 radical (unpaired) electrons. The van der Waals surface area contributed by atoms with Gasteiger partial charge in [-0.3, -0.25) is 9.67 Å². The summed E-state index contributed by atoms with van der Waals surface area (Å²) >= 11 is 0. The Bertz CT molecular complexity index is 271. The van der Waals surface area contributed by atoms with Crippen molar-refractivity contribution in [1.82, 2.24) is 9.78 Å². The molecule has 0 aliphatic carbocycles. The third-order valence-electron chi connectivity index (χ3n) is 1.58. The van der Waals surface area contributed by atoms with Gasteiger partial charge in [0.2, 0.25) is 0 Å². The summed E-state index contributed by atoms with van der Waals surface area (Å²) in [5.74, 6) is 0.136. The molecule has 0 unspecified atom stereocenters. The Morgan fingerprint density at radius 2 is 2.42 bits per heavy atom. The van der Waals surface area contributed by atoms with E-state index in [1.165, 1.54) is 0 Å². The van der Waals surface area contributed by atoms with Crippen molar-refractivity contribution >= 4 is 5.96 Å². The van der Waals surface area contributed by atoms with Crippen LogP contribution in [0.2, 0.25) is 0 Å². The molecule has 5 nitrogen and oxygen atoms in total. The third-order valence-corrected chi connectivity index (χ3v) is 1.58. The first-order chi connectivity index (χ1) is 5.70. The van der Waals surface area contributed by atoms with E-state index in [4.69, 9.17) is 11.5 Å². The van der Waals surface area contributed by atoms with E-state index in [-0.39, 0.29) is 5.96 Å². The number of nitrogens with two attached hydrogens (primary N) is 2. The molecule has 0 spiro atoms.